The number of nitrogens with zero attached hydrogens (tertiary/aromatic N) is 3. The van der Waals surface area contributed by atoms with Crippen molar-refractivity contribution in [3.05, 3.63) is 106 Å². The number of benzene rings is 1. The molecule has 0 amide bonds. The van der Waals surface area contributed by atoms with Crippen molar-refractivity contribution in [3.63, 3.8) is 0 Å². The molecule has 0 radical (unpaired) electrons. The van der Waals surface area contributed by atoms with E-state index in [0.717, 1.165) is 62.1 Å². The summed E-state index contributed by atoms with van der Waals surface area (Å²) in [7, 11) is 0. The fourth-order valence-corrected chi connectivity index (χ4v) is 4.40. The average Bonchev–Trinajstić information content (AvgIpc) is 3.04. The molecule has 32 heavy (non-hydrogen) atoms. The Morgan fingerprint density at radius 2 is 1.62 bits per heavy atom. The van der Waals surface area contributed by atoms with Crippen molar-refractivity contribution >= 4 is 17.8 Å². The number of hydrogen-bond donors (Lipinski definition) is 0. The molecule has 164 valence electrons. The number of rotatable bonds is 10. The second-order valence-electron chi connectivity index (χ2n) is 8.31. The van der Waals surface area contributed by atoms with Gasteiger partial charge in [0.1, 0.15) is 0 Å². The van der Waals surface area contributed by atoms with Crippen molar-refractivity contribution < 1.29 is 0 Å². The van der Waals surface area contributed by atoms with Gasteiger partial charge in [0.05, 0.1) is 0 Å². The van der Waals surface area contributed by atoms with Gasteiger partial charge in [0.15, 0.2) is 0 Å². The first kappa shape index (κ1) is 22.4. The molecule has 3 aromatic rings. The first-order valence-corrected chi connectivity index (χ1v) is 12.0. The van der Waals surface area contributed by atoms with Crippen LogP contribution < -0.4 is 0 Å². The third-order valence-electron chi connectivity index (χ3n) is 5.99. The minimum atomic E-state index is 0.856. The summed E-state index contributed by atoms with van der Waals surface area (Å²) in [4.78, 5) is 13.9. The first-order chi connectivity index (χ1) is 15.8. The highest BCUT2D eigenvalue weighted by Gasteiger charge is 2.11. The molecule has 0 spiro atoms. The maximum atomic E-state index is 6.29. The van der Waals surface area contributed by atoms with Gasteiger partial charge in [0.2, 0.25) is 0 Å². The monoisotopic (exact) mass is 443 g/mol. The zero-order chi connectivity index (χ0) is 22.0. The van der Waals surface area contributed by atoms with Crippen LogP contribution in [0.2, 0.25) is 5.02 Å². The second kappa shape index (κ2) is 11.7. The zero-order valence-corrected chi connectivity index (χ0v) is 19.3. The minimum absolute atomic E-state index is 0.856. The SMILES string of the molecule is Clc1ccccc1CCCC1=CCc2ccnc(CCCCCc3ccccn3)c2C=N1. The number of allylic oxidation sites excluding steroid dienone is 2. The molecule has 4 rings (SSSR count). The topological polar surface area (TPSA) is 38.1 Å². The van der Waals surface area contributed by atoms with Crippen LogP contribution in [0.25, 0.3) is 0 Å². The predicted octanol–water partition coefficient (Wildman–Crippen LogP) is 6.97. The van der Waals surface area contributed by atoms with E-state index in [1.165, 1.54) is 34.5 Å². The molecular weight excluding hydrogens is 414 g/mol. The lowest BCUT2D eigenvalue weighted by Crippen LogP contribution is -2.02. The average molecular weight is 444 g/mol. The zero-order valence-electron chi connectivity index (χ0n) is 18.5. The molecule has 0 saturated heterocycles. The summed E-state index contributed by atoms with van der Waals surface area (Å²) in [5, 5.41) is 0.856. The Bertz CT molecular complexity index is 1070. The smallest absolute Gasteiger partial charge is 0.0494 e. The van der Waals surface area contributed by atoms with E-state index in [4.69, 9.17) is 16.6 Å². The van der Waals surface area contributed by atoms with Gasteiger partial charge in [0, 0.05) is 46.3 Å². The summed E-state index contributed by atoms with van der Waals surface area (Å²) in [5.41, 5.74) is 7.27. The Hall–Kier alpha value is -2.78. The van der Waals surface area contributed by atoms with Crippen LogP contribution in [0.5, 0.6) is 0 Å². The van der Waals surface area contributed by atoms with Crippen LogP contribution in [-0.2, 0) is 25.7 Å². The van der Waals surface area contributed by atoms with Crippen LogP contribution in [0.3, 0.4) is 0 Å². The lowest BCUT2D eigenvalue weighted by molar-refractivity contribution is 0.664. The molecule has 1 aromatic carbocycles. The van der Waals surface area contributed by atoms with E-state index in [-0.39, 0.29) is 0 Å². The number of hydrogen-bond acceptors (Lipinski definition) is 3. The lowest BCUT2D eigenvalue weighted by Gasteiger charge is -2.08. The van der Waals surface area contributed by atoms with Crippen molar-refractivity contribution in [1.29, 1.82) is 0 Å². The van der Waals surface area contributed by atoms with E-state index in [1.807, 2.05) is 42.9 Å². The fourth-order valence-electron chi connectivity index (χ4n) is 4.17. The molecule has 0 fully saturated rings. The molecule has 0 atom stereocenters. The van der Waals surface area contributed by atoms with Crippen LogP contribution in [0.15, 0.2) is 77.7 Å². The van der Waals surface area contributed by atoms with Crippen molar-refractivity contribution in [1.82, 2.24) is 9.97 Å². The Balaban J connectivity index is 1.28. The number of aryl methyl sites for hydroxylation is 3. The summed E-state index contributed by atoms with van der Waals surface area (Å²) in [6.07, 6.45) is 17.6. The van der Waals surface area contributed by atoms with Gasteiger partial charge in [-0.3, -0.25) is 15.0 Å². The van der Waals surface area contributed by atoms with E-state index in [1.54, 1.807) is 0 Å². The highest BCUT2D eigenvalue weighted by Crippen LogP contribution is 2.22. The summed E-state index contributed by atoms with van der Waals surface area (Å²) in [6.45, 7) is 0. The van der Waals surface area contributed by atoms with Crippen molar-refractivity contribution in [2.24, 2.45) is 4.99 Å². The third-order valence-corrected chi connectivity index (χ3v) is 6.36. The maximum Gasteiger partial charge on any atom is 0.0494 e. The predicted molar refractivity (Wildman–Crippen MR) is 134 cm³/mol. The van der Waals surface area contributed by atoms with Gasteiger partial charge in [0.25, 0.3) is 0 Å². The van der Waals surface area contributed by atoms with Crippen LogP contribution in [0.4, 0.5) is 0 Å². The summed E-state index contributed by atoms with van der Waals surface area (Å²) >= 11 is 6.29. The first-order valence-electron chi connectivity index (χ1n) is 11.6. The second-order valence-corrected chi connectivity index (χ2v) is 8.72. The number of unbranched alkanes of at least 4 members (excludes halogenated alkanes) is 2. The molecule has 0 bridgehead atoms. The standard InChI is InChI=1S/C28H30ClN3/c29-27-14-5-4-9-23(27)10-8-13-25-17-16-22-18-20-31-28(26(22)21-32-25)15-3-1-2-11-24-12-6-7-19-30-24/h4-7,9,12,14,17-21H,1-3,8,10-11,13,15-16H2. The molecule has 3 heterocycles. The molecule has 0 unspecified atom stereocenters. The molecule has 0 saturated carbocycles. The van der Waals surface area contributed by atoms with E-state index >= 15 is 0 Å². The number of aromatic nitrogens is 2. The van der Waals surface area contributed by atoms with E-state index < -0.39 is 0 Å². The summed E-state index contributed by atoms with van der Waals surface area (Å²) in [5.74, 6) is 0. The van der Waals surface area contributed by atoms with Crippen LogP contribution in [0.1, 0.15) is 60.2 Å². The highest BCUT2D eigenvalue weighted by atomic mass is 35.5. The van der Waals surface area contributed by atoms with E-state index in [9.17, 15) is 0 Å². The van der Waals surface area contributed by atoms with Crippen molar-refractivity contribution in [2.45, 2.75) is 57.8 Å². The Kier molecular flexibility index (Phi) is 8.22. The van der Waals surface area contributed by atoms with Crippen LogP contribution >= 0.6 is 11.6 Å². The number of pyridine rings is 2. The van der Waals surface area contributed by atoms with Crippen molar-refractivity contribution in [3.8, 4) is 0 Å². The molecule has 1 aliphatic heterocycles. The number of fused-ring (bicyclic) bond motifs is 1. The molecule has 0 aliphatic carbocycles. The minimum Gasteiger partial charge on any atom is -0.261 e. The number of aliphatic imine (C=N–C) groups is 1. The molecule has 1 aliphatic rings. The van der Waals surface area contributed by atoms with Crippen LogP contribution in [-0.4, -0.2) is 16.2 Å². The lowest BCUT2D eigenvalue weighted by atomic mass is 10.0. The number of halogens is 1. The van der Waals surface area contributed by atoms with Gasteiger partial charge in [-0.15, -0.1) is 0 Å². The summed E-state index contributed by atoms with van der Waals surface area (Å²) in [6, 6.07) is 16.4. The van der Waals surface area contributed by atoms with E-state index in [2.05, 4.69) is 40.3 Å². The Morgan fingerprint density at radius 3 is 2.50 bits per heavy atom. The molecular formula is C28H30ClN3. The molecule has 3 nitrogen and oxygen atoms in total. The van der Waals surface area contributed by atoms with Gasteiger partial charge >= 0.3 is 0 Å². The highest BCUT2D eigenvalue weighted by molar-refractivity contribution is 6.31. The van der Waals surface area contributed by atoms with Gasteiger partial charge in [-0.05, 0) is 86.8 Å². The molecule has 4 heteroatoms. The van der Waals surface area contributed by atoms with Gasteiger partial charge in [-0.2, -0.15) is 0 Å². The van der Waals surface area contributed by atoms with Crippen LogP contribution in [0, 0.1) is 0 Å². The van der Waals surface area contributed by atoms with Crippen molar-refractivity contribution in [2.75, 3.05) is 0 Å². The quantitative estimate of drug-likeness (QED) is 0.317. The molecule has 2 aromatic heterocycles. The van der Waals surface area contributed by atoms with Gasteiger partial charge in [-0.25, -0.2) is 0 Å². The Labute approximate surface area is 196 Å². The molecule has 0 N–H and O–H groups in total. The summed E-state index contributed by atoms with van der Waals surface area (Å²) < 4.78 is 0. The fraction of sp³-hybridized carbons (Fsp3) is 0.321. The van der Waals surface area contributed by atoms with Gasteiger partial charge in [-0.1, -0.05) is 48.4 Å². The Morgan fingerprint density at radius 1 is 0.750 bits per heavy atom. The normalized spacial score (nSPS) is 12.8. The van der Waals surface area contributed by atoms with E-state index in [0.29, 0.717) is 0 Å². The maximum absolute atomic E-state index is 6.29. The third kappa shape index (κ3) is 6.37. The largest absolute Gasteiger partial charge is 0.261 e. The van der Waals surface area contributed by atoms with Gasteiger partial charge < -0.3 is 0 Å².